The SMILES string of the molecule is C=C(C)CCN(C)CC(C)C#N. The van der Waals surface area contributed by atoms with E-state index in [1.54, 1.807) is 0 Å². The Morgan fingerprint density at radius 3 is 2.67 bits per heavy atom. The molecular formula is C10H18N2. The fraction of sp³-hybridized carbons (Fsp3) is 0.700. The highest BCUT2D eigenvalue weighted by Gasteiger charge is 2.03. The van der Waals surface area contributed by atoms with Crippen molar-refractivity contribution in [3.63, 3.8) is 0 Å². The molecule has 0 aliphatic carbocycles. The molecule has 0 aromatic rings. The van der Waals surface area contributed by atoms with Gasteiger partial charge in [-0.1, -0.05) is 5.57 Å². The third-order valence-corrected chi connectivity index (χ3v) is 1.73. The maximum Gasteiger partial charge on any atom is 0.0666 e. The summed E-state index contributed by atoms with van der Waals surface area (Å²) in [5.41, 5.74) is 1.20. The summed E-state index contributed by atoms with van der Waals surface area (Å²) in [6.45, 7) is 9.66. The minimum Gasteiger partial charge on any atom is -0.305 e. The molecule has 2 nitrogen and oxygen atoms in total. The summed E-state index contributed by atoms with van der Waals surface area (Å²) in [7, 11) is 2.04. The van der Waals surface area contributed by atoms with Crippen molar-refractivity contribution in [1.82, 2.24) is 4.90 Å². The van der Waals surface area contributed by atoms with E-state index in [2.05, 4.69) is 17.5 Å². The smallest absolute Gasteiger partial charge is 0.0666 e. The average Bonchev–Trinajstić information content (AvgIpc) is 2.00. The Morgan fingerprint density at radius 2 is 2.25 bits per heavy atom. The molecule has 2 heteroatoms. The summed E-state index contributed by atoms with van der Waals surface area (Å²) in [6.07, 6.45) is 1.02. The van der Waals surface area contributed by atoms with Gasteiger partial charge in [0.2, 0.25) is 0 Å². The first kappa shape index (κ1) is 11.2. The van der Waals surface area contributed by atoms with Gasteiger partial charge in [0.1, 0.15) is 0 Å². The summed E-state index contributed by atoms with van der Waals surface area (Å²) in [6, 6.07) is 2.22. The zero-order valence-electron chi connectivity index (χ0n) is 8.30. The number of hydrogen-bond donors (Lipinski definition) is 0. The first-order valence-corrected chi connectivity index (χ1v) is 4.28. The average molecular weight is 166 g/mol. The van der Waals surface area contributed by atoms with Crippen LogP contribution in [0.25, 0.3) is 0 Å². The molecule has 1 atom stereocenters. The molecule has 68 valence electrons. The van der Waals surface area contributed by atoms with Crippen LogP contribution in [-0.2, 0) is 0 Å². The van der Waals surface area contributed by atoms with Gasteiger partial charge in [0.25, 0.3) is 0 Å². The molecule has 1 unspecified atom stereocenters. The summed E-state index contributed by atoms with van der Waals surface area (Å²) in [4.78, 5) is 2.17. The Morgan fingerprint density at radius 1 is 1.67 bits per heavy atom. The van der Waals surface area contributed by atoms with Crippen LogP contribution in [-0.4, -0.2) is 25.0 Å². The molecule has 12 heavy (non-hydrogen) atoms. The van der Waals surface area contributed by atoms with E-state index in [0.29, 0.717) is 0 Å². The van der Waals surface area contributed by atoms with Crippen LogP contribution in [0, 0.1) is 17.2 Å². The third kappa shape index (κ3) is 5.94. The van der Waals surface area contributed by atoms with Crippen molar-refractivity contribution >= 4 is 0 Å². The van der Waals surface area contributed by atoms with Gasteiger partial charge >= 0.3 is 0 Å². The van der Waals surface area contributed by atoms with Gasteiger partial charge in [-0.25, -0.2) is 0 Å². The first-order valence-electron chi connectivity index (χ1n) is 4.28. The van der Waals surface area contributed by atoms with Gasteiger partial charge in [-0.3, -0.25) is 0 Å². The van der Waals surface area contributed by atoms with Crippen LogP contribution in [0.5, 0.6) is 0 Å². The lowest BCUT2D eigenvalue weighted by atomic mass is 10.2. The van der Waals surface area contributed by atoms with Gasteiger partial charge in [-0.05, 0) is 27.3 Å². The molecule has 0 bridgehead atoms. The van der Waals surface area contributed by atoms with Gasteiger partial charge in [0, 0.05) is 13.1 Å². The largest absolute Gasteiger partial charge is 0.305 e. The van der Waals surface area contributed by atoms with Crippen molar-refractivity contribution < 1.29 is 0 Å². The Balaban J connectivity index is 3.54. The van der Waals surface area contributed by atoms with Gasteiger partial charge in [0.05, 0.1) is 12.0 Å². The highest BCUT2D eigenvalue weighted by atomic mass is 15.1. The van der Waals surface area contributed by atoms with Crippen LogP contribution in [0.3, 0.4) is 0 Å². The van der Waals surface area contributed by atoms with Crippen LogP contribution in [0.1, 0.15) is 20.3 Å². The van der Waals surface area contributed by atoms with E-state index in [0.717, 1.165) is 19.5 Å². The van der Waals surface area contributed by atoms with Crippen molar-refractivity contribution in [3.05, 3.63) is 12.2 Å². The predicted molar refractivity (Wildman–Crippen MR) is 51.7 cm³/mol. The molecule has 0 aliphatic rings. The molecule has 0 saturated carbocycles. The summed E-state index contributed by atoms with van der Waals surface area (Å²) in [5, 5.41) is 8.57. The van der Waals surface area contributed by atoms with Crippen molar-refractivity contribution in [2.45, 2.75) is 20.3 Å². The Labute approximate surface area is 75.5 Å². The van der Waals surface area contributed by atoms with Crippen molar-refractivity contribution in [2.75, 3.05) is 20.1 Å². The second kappa shape index (κ2) is 5.79. The van der Waals surface area contributed by atoms with E-state index in [1.807, 2.05) is 20.9 Å². The first-order chi connectivity index (χ1) is 5.56. The van der Waals surface area contributed by atoms with Crippen LogP contribution in [0.2, 0.25) is 0 Å². The van der Waals surface area contributed by atoms with Gasteiger partial charge in [-0.15, -0.1) is 6.58 Å². The Bertz CT molecular complexity index is 179. The molecule has 0 aromatic heterocycles. The zero-order chi connectivity index (χ0) is 9.56. The quantitative estimate of drug-likeness (QED) is 0.584. The zero-order valence-corrected chi connectivity index (χ0v) is 8.30. The van der Waals surface area contributed by atoms with Crippen LogP contribution < -0.4 is 0 Å². The lowest BCUT2D eigenvalue weighted by molar-refractivity contribution is 0.314. The van der Waals surface area contributed by atoms with Crippen LogP contribution >= 0.6 is 0 Å². The summed E-state index contributed by atoms with van der Waals surface area (Å²) < 4.78 is 0. The van der Waals surface area contributed by atoms with E-state index in [4.69, 9.17) is 5.26 Å². The van der Waals surface area contributed by atoms with Gasteiger partial charge in [0.15, 0.2) is 0 Å². The highest BCUT2D eigenvalue weighted by molar-refractivity contribution is 4.89. The minimum atomic E-state index is 0.125. The summed E-state index contributed by atoms with van der Waals surface area (Å²) in [5.74, 6) is 0.125. The van der Waals surface area contributed by atoms with Crippen molar-refractivity contribution in [3.8, 4) is 6.07 Å². The van der Waals surface area contributed by atoms with E-state index in [-0.39, 0.29) is 5.92 Å². The van der Waals surface area contributed by atoms with E-state index < -0.39 is 0 Å². The molecule has 0 aliphatic heterocycles. The molecule has 0 saturated heterocycles. The lowest BCUT2D eigenvalue weighted by Crippen LogP contribution is -2.24. The minimum absolute atomic E-state index is 0.125. The molecule has 0 rings (SSSR count). The van der Waals surface area contributed by atoms with Crippen LogP contribution in [0.4, 0.5) is 0 Å². The molecule has 0 fully saturated rings. The maximum absolute atomic E-state index is 8.57. The molecule has 0 amide bonds. The Hall–Kier alpha value is -0.810. The molecule has 0 N–H and O–H groups in total. The topological polar surface area (TPSA) is 27.0 Å². The fourth-order valence-electron chi connectivity index (χ4n) is 0.981. The van der Waals surface area contributed by atoms with Crippen LogP contribution in [0.15, 0.2) is 12.2 Å². The summed E-state index contributed by atoms with van der Waals surface area (Å²) >= 11 is 0. The van der Waals surface area contributed by atoms with E-state index in [9.17, 15) is 0 Å². The highest BCUT2D eigenvalue weighted by Crippen LogP contribution is 2.00. The fourth-order valence-corrected chi connectivity index (χ4v) is 0.981. The van der Waals surface area contributed by atoms with E-state index in [1.165, 1.54) is 5.57 Å². The molecular weight excluding hydrogens is 148 g/mol. The monoisotopic (exact) mass is 166 g/mol. The second-order valence-corrected chi connectivity index (χ2v) is 3.50. The number of hydrogen-bond acceptors (Lipinski definition) is 2. The number of rotatable bonds is 5. The Kier molecular flexibility index (Phi) is 5.40. The van der Waals surface area contributed by atoms with Gasteiger partial charge in [-0.2, -0.15) is 5.26 Å². The molecule has 0 radical (unpaired) electrons. The number of nitriles is 1. The lowest BCUT2D eigenvalue weighted by Gasteiger charge is -2.17. The normalized spacial score (nSPS) is 12.6. The third-order valence-electron chi connectivity index (χ3n) is 1.73. The number of nitrogens with zero attached hydrogens (tertiary/aromatic N) is 2. The maximum atomic E-state index is 8.57. The molecule has 0 heterocycles. The van der Waals surface area contributed by atoms with Crippen molar-refractivity contribution in [1.29, 1.82) is 5.26 Å². The van der Waals surface area contributed by atoms with Gasteiger partial charge < -0.3 is 4.90 Å². The predicted octanol–water partition coefficient (Wildman–Crippen LogP) is 2.04. The van der Waals surface area contributed by atoms with Crippen molar-refractivity contribution in [2.24, 2.45) is 5.92 Å². The molecule has 0 aromatic carbocycles. The molecule has 0 spiro atoms. The standard InChI is InChI=1S/C10H18N2/c1-9(2)5-6-12(4)8-10(3)7-11/h10H,1,5-6,8H2,2-4H3. The van der Waals surface area contributed by atoms with E-state index >= 15 is 0 Å². The second-order valence-electron chi connectivity index (χ2n) is 3.50.